The van der Waals surface area contributed by atoms with E-state index in [2.05, 4.69) is 31.0 Å². The zero-order valence-corrected chi connectivity index (χ0v) is 12.5. The first-order chi connectivity index (χ1) is 8.38. The SMILES string of the molecule is CCC1C(=O)NCCN1CCCC(C)(C)C(N)=S. The molecule has 0 aromatic carbocycles. The molecule has 18 heavy (non-hydrogen) atoms. The van der Waals surface area contributed by atoms with Crippen molar-refractivity contribution in [2.75, 3.05) is 19.6 Å². The van der Waals surface area contributed by atoms with Crippen LogP contribution in [0.4, 0.5) is 0 Å². The highest BCUT2D eigenvalue weighted by atomic mass is 32.1. The largest absolute Gasteiger partial charge is 0.393 e. The fraction of sp³-hybridized carbons (Fsp3) is 0.846. The summed E-state index contributed by atoms with van der Waals surface area (Å²) in [6.45, 7) is 8.86. The van der Waals surface area contributed by atoms with Crippen molar-refractivity contribution in [3.8, 4) is 0 Å². The number of nitrogens with zero attached hydrogens (tertiary/aromatic N) is 1. The Bertz CT molecular complexity index is 317. The predicted octanol–water partition coefficient (Wildman–Crippen LogP) is 1.29. The summed E-state index contributed by atoms with van der Waals surface area (Å²) in [5.74, 6) is 0.164. The Morgan fingerprint density at radius 2 is 2.28 bits per heavy atom. The van der Waals surface area contributed by atoms with Crippen LogP contribution < -0.4 is 11.1 Å². The van der Waals surface area contributed by atoms with Crippen LogP contribution in [0.5, 0.6) is 0 Å². The van der Waals surface area contributed by atoms with Gasteiger partial charge in [-0.2, -0.15) is 0 Å². The molecule has 5 heteroatoms. The van der Waals surface area contributed by atoms with Crippen molar-refractivity contribution < 1.29 is 4.79 Å². The van der Waals surface area contributed by atoms with Crippen LogP contribution in [0.15, 0.2) is 0 Å². The first-order valence-corrected chi connectivity index (χ1v) is 7.11. The van der Waals surface area contributed by atoms with Gasteiger partial charge in [0, 0.05) is 18.5 Å². The zero-order valence-electron chi connectivity index (χ0n) is 11.7. The number of amides is 1. The lowest BCUT2D eigenvalue weighted by Gasteiger charge is -2.35. The van der Waals surface area contributed by atoms with Gasteiger partial charge in [0.25, 0.3) is 0 Å². The van der Waals surface area contributed by atoms with E-state index in [0.29, 0.717) is 4.99 Å². The van der Waals surface area contributed by atoms with Crippen LogP contribution in [0.1, 0.15) is 40.0 Å². The second-order valence-electron chi connectivity index (χ2n) is 5.60. The molecule has 1 aliphatic heterocycles. The highest BCUT2D eigenvalue weighted by Gasteiger charge is 2.28. The highest BCUT2D eigenvalue weighted by molar-refractivity contribution is 7.80. The van der Waals surface area contributed by atoms with E-state index in [9.17, 15) is 4.79 Å². The van der Waals surface area contributed by atoms with Crippen molar-refractivity contribution in [1.82, 2.24) is 10.2 Å². The van der Waals surface area contributed by atoms with Crippen LogP contribution in [0, 0.1) is 5.41 Å². The lowest BCUT2D eigenvalue weighted by molar-refractivity contribution is -0.129. The quantitative estimate of drug-likeness (QED) is 0.715. The second kappa shape index (κ2) is 6.48. The molecular formula is C13H25N3OS. The smallest absolute Gasteiger partial charge is 0.237 e. The van der Waals surface area contributed by atoms with E-state index in [1.807, 2.05) is 0 Å². The molecule has 0 aromatic rings. The lowest BCUT2D eigenvalue weighted by atomic mass is 9.87. The molecule has 1 fully saturated rings. The topological polar surface area (TPSA) is 58.4 Å². The van der Waals surface area contributed by atoms with Crippen molar-refractivity contribution >= 4 is 23.1 Å². The molecule has 104 valence electrons. The average Bonchev–Trinajstić information content (AvgIpc) is 2.29. The molecule has 1 aliphatic rings. The Morgan fingerprint density at radius 3 is 2.83 bits per heavy atom. The molecule has 0 aromatic heterocycles. The minimum Gasteiger partial charge on any atom is -0.393 e. The highest BCUT2D eigenvalue weighted by Crippen LogP contribution is 2.23. The van der Waals surface area contributed by atoms with Gasteiger partial charge in [-0.1, -0.05) is 33.0 Å². The number of hydrogen-bond acceptors (Lipinski definition) is 3. The van der Waals surface area contributed by atoms with Crippen LogP contribution in [-0.4, -0.2) is 41.5 Å². The van der Waals surface area contributed by atoms with E-state index in [1.54, 1.807) is 0 Å². The fourth-order valence-corrected chi connectivity index (χ4v) is 2.42. The molecule has 1 unspecified atom stereocenters. The van der Waals surface area contributed by atoms with Gasteiger partial charge in [0.1, 0.15) is 0 Å². The van der Waals surface area contributed by atoms with E-state index in [1.165, 1.54) is 0 Å². The molecular weight excluding hydrogens is 246 g/mol. The third-order valence-electron chi connectivity index (χ3n) is 3.74. The molecule has 1 atom stereocenters. The van der Waals surface area contributed by atoms with Crippen LogP contribution in [-0.2, 0) is 4.79 Å². The van der Waals surface area contributed by atoms with Crippen molar-refractivity contribution in [3.63, 3.8) is 0 Å². The first kappa shape index (κ1) is 15.4. The molecule has 0 bridgehead atoms. The summed E-state index contributed by atoms with van der Waals surface area (Å²) in [6.07, 6.45) is 2.86. The molecule has 0 radical (unpaired) electrons. The van der Waals surface area contributed by atoms with Gasteiger partial charge in [0.05, 0.1) is 11.0 Å². The van der Waals surface area contributed by atoms with Crippen molar-refractivity contribution in [3.05, 3.63) is 0 Å². The molecule has 1 saturated heterocycles. The molecule has 0 saturated carbocycles. The van der Waals surface area contributed by atoms with Gasteiger partial charge in [0.15, 0.2) is 0 Å². The molecule has 4 nitrogen and oxygen atoms in total. The summed E-state index contributed by atoms with van der Waals surface area (Å²) in [7, 11) is 0. The lowest BCUT2D eigenvalue weighted by Crippen LogP contribution is -2.55. The summed E-state index contributed by atoms with van der Waals surface area (Å²) in [5, 5.41) is 2.92. The summed E-state index contributed by atoms with van der Waals surface area (Å²) < 4.78 is 0. The van der Waals surface area contributed by atoms with Crippen LogP contribution in [0.3, 0.4) is 0 Å². The number of hydrogen-bond donors (Lipinski definition) is 2. The van der Waals surface area contributed by atoms with Crippen molar-refractivity contribution in [1.29, 1.82) is 0 Å². The molecule has 0 spiro atoms. The Morgan fingerprint density at radius 1 is 1.61 bits per heavy atom. The zero-order chi connectivity index (χ0) is 13.8. The van der Waals surface area contributed by atoms with Gasteiger partial charge in [0.2, 0.25) is 5.91 Å². The maximum atomic E-state index is 11.7. The average molecular weight is 271 g/mol. The number of carbonyl (C=O) groups is 1. The third-order valence-corrected chi connectivity index (χ3v) is 4.30. The number of carbonyl (C=O) groups excluding carboxylic acids is 1. The van der Waals surface area contributed by atoms with E-state index in [0.717, 1.165) is 38.9 Å². The van der Waals surface area contributed by atoms with E-state index < -0.39 is 0 Å². The van der Waals surface area contributed by atoms with Gasteiger partial charge in [-0.25, -0.2) is 0 Å². The van der Waals surface area contributed by atoms with Gasteiger partial charge in [-0.15, -0.1) is 0 Å². The van der Waals surface area contributed by atoms with E-state index in [-0.39, 0.29) is 17.4 Å². The molecule has 1 amide bonds. The molecule has 1 heterocycles. The Hall–Kier alpha value is -0.680. The Kier molecular flexibility index (Phi) is 5.53. The monoisotopic (exact) mass is 271 g/mol. The van der Waals surface area contributed by atoms with Crippen molar-refractivity contribution in [2.24, 2.45) is 11.1 Å². The Balaban J connectivity index is 2.43. The number of nitrogens with one attached hydrogen (secondary N) is 1. The van der Waals surface area contributed by atoms with E-state index >= 15 is 0 Å². The summed E-state index contributed by atoms with van der Waals surface area (Å²) in [6, 6.07) is 0.0340. The summed E-state index contributed by atoms with van der Waals surface area (Å²) in [5.41, 5.74) is 5.63. The normalized spacial score (nSPS) is 21.7. The summed E-state index contributed by atoms with van der Waals surface area (Å²) in [4.78, 5) is 14.6. The van der Waals surface area contributed by atoms with Gasteiger partial charge < -0.3 is 11.1 Å². The first-order valence-electron chi connectivity index (χ1n) is 6.70. The van der Waals surface area contributed by atoms with Gasteiger partial charge >= 0.3 is 0 Å². The van der Waals surface area contributed by atoms with E-state index in [4.69, 9.17) is 18.0 Å². The maximum Gasteiger partial charge on any atom is 0.237 e. The predicted molar refractivity (Wildman–Crippen MR) is 78.5 cm³/mol. The minimum absolute atomic E-state index is 0.0340. The van der Waals surface area contributed by atoms with Gasteiger partial charge in [-0.05, 0) is 25.8 Å². The second-order valence-corrected chi connectivity index (χ2v) is 6.04. The minimum atomic E-state index is -0.0882. The van der Waals surface area contributed by atoms with Crippen LogP contribution in [0.25, 0.3) is 0 Å². The number of thiocarbonyl (C=S) groups is 1. The fourth-order valence-electron chi connectivity index (χ4n) is 2.32. The number of piperazine rings is 1. The molecule has 3 N–H and O–H groups in total. The summed E-state index contributed by atoms with van der Waals surface area (Å²) >= 11 is 5.07. The molecule has 1 rings (SSSR count). The molecule has 0 aliphatic carbocycles. The number of rotatable bonds is 6. The maximum absolute atomic E-state index is 11.7. The van der Waals surface area contributed by atoms with Gasteiger partial charge in [-0.3, -0.25) is 9.69 Å². The van der Waals surface area contributed by atoms with Crippen molar-refractivity contribution in [2.45, 2.75) is 46.1 Å². The van der Waals surface area contributed by atoms with Crippen LogP contribution in [0.2, 0.25) is 0 Å². The van der Waals surface area contributed by atoms with Crippen LogP contribution >= 0.6 is 12.2 Å². The Labute approximate surface area is 115 Å². The standard InChI is InChI=1S/C13H25N3OS/c1-4-10-11(17)15-7-9-16(10)8-5-6-13(2,3)12(14)18/h10H,4-9H2,1-3H3,(H2,14,18)(H,15,17). The third kappa shape index (κ3) is 3.92. The number of nitrogens with two attached hydrogens (primary N) is 1.